The lowest BCUT2D eigenvalue weighted by Gasteiger charge is -2.05. The number of nitrogens with one attached hydrogen (secondary N) is 1. The first kappa shape index (κ1) is 13.1. The summed E-state index contributed by atoms with van der Waals surface area (Å²) in [6.07, 6.45) is 0. The van der Waals surface area contributed by atoms with Gasteiger partial charge < -0.3 is 5.43 Å². The molecule has 0 spiro atoms. The van der Waals surface area contributed by atoms with Gasteiger partial charge in [0, 0.05) is 21.7 Å². The number of halogens is 1. The molecule has 18 heavy (non-hydrogen) atoms. The van der Waals surface area contributed by atoms with Crippen LogP contribution in [0.1, 0.15) is 11.5 Å². The summed E-state index contributed by atoms with van der Waals surface area (Å²) in [6.45, 7) is 1.92. The van der Waals surface area contributed by atoms with Gasteiger partial charge in [0.25, 0.3) is 0 Å². The van der Waals surface area contributed by atoms with Gasteiger partial charge in [-0.25, -0.2) is 15.8 Å². The van der Waals surface area contributed by atoms with Crippen LogP contribution in [0.15, 0.2) is 35.2 Å². The van der Waals surface area contributed by atoms with Gasteiger partial charge in [0.05, 0.1) is 5.75 Å². The minimum Gasteiger partial charge on any atom is -0.308 e. The lowest BCUT2D eigenvalue weighted by atomic mass is 10.4. The zero-order chi connectivity index (χ0) is 13.0. The van der Waals surface area contributed by atoms with Gasteiger partial charge in [-0.2, -0.15) is 0 Å². The van der Waals surface area contributed by atoms with E-state index in [4.69, 9.17) is 17.4 Å². The summed E-state index contributed by atoms with van der Waals surface area (Å²) in [5.41, 5.74) is 3.43. The molecule has 1 heterocycles. The molecule has 2 aromatic rings. The average Bonchev–Trinajstić information content (AvgIpc) is 2.37. The van der Waals surface area contributed by atoms with Gasteiger partial charge in [0.15, 0.2) is 0 Å². The maximum absolute atomic E-state index is 5.83. The fourth-order valence-corrected chi connectivity index (χ4v) is 2.33. The van der Waals surface area contributed by atoms with Gasteiger partial charge in [-0.05, 0) is 31.2 Å². The van der Waals surface area contributed by atoms with Crippen molar-refractivity contribution in [3.63, 3.8) is 0 Å². The van der Waals surface area contributed by atoms with Crippen LogP contribution in [-0.4, -0.2) is 9.97 Å². The summed E-state index contributed by atoms with van der Waals surface area (Å²) < 4.78 is 0. The van der Waals surface area contributed by atoms with E-state index in [1.165, 1.54) is 0 Å². The molecule has 1 aromatic carbocycles. The molecule has 0 saturated heterocycles. The van der Waals surface area contributed by atoms with E-state index < -0.39 is 0 Å². The smallest absolute Gasteiger partial charge is 0.143 e. The Kier molecular flexibility index (Phi) is 4.41. The van der Waals surface area contributed by atoms with E-state index >= 15 is 0 Å². The maximum Gasteiger partial charge on any atom is 0.143 e. The molecular formula is C12H13ClN4S. The first-order valence-corrected chi connectivity index (χ1v) is 6.73. The fourth-order valence-electron chi connectivity index (χ4n) is 1.45. The number of hydrazine groups is 1. The number of nitrogens with zero attached hydrogens (tertiary/aromatic N) is 2. The maximum atomic E-state index is 5.83. The number of aryl methyl sites for hydroxylation is 1. The molecular weight excluding hydrogens is 268 g/mol. The second-order valence-corrected chi connectivity index (χ2v) is 5.18. The van der Waals surface area contributed by atoms with E-state index in [-0.39, 0.29) is 0 Å². The average molecular weight is 281 g/mol. The largest absolute Gasteiger partial charge is 0.308 e. The van der Waals surface area contributed by atoms with Crippen molar-refractivity contribution in [3.05, 3.63) is 46.9 Å². The topological polar surface area (TPSA) is 63.8 Å². The van der Waals surface area contributed by atoms with E-state index in [0.717, 1.165) is 21.4 Å². The molecule has 2 rings (SSSR count). The summed E-state index contributed by atoms with van der Waals surface area (Å²) in [7, 11) is 0. The Hall–Kier alpha value is -1.30. The molecule has 3 N–H and O–H groups in total. The van der Waals surface area contributed by atoms with Crippen molar-refractivity contribution in [1.29, 1.82) is 0 Å². The van der Waals surface area contributed by atoms with Crippen molar-refractivity contribution in [2.75, 3.05) is 5.43 Å². The third-order valence-electron chi connectivity index (χ3n) is 2.23. The number of aromatic nitrogens is 2. The Labute approximate surface area is 115 Å². The number of rotatable bonds is 4. The number of hydrogen-bond donors (Lipinski definition) is 2. The van der Waals surface area contributed by atoms with Crippen LogP contribution < -0.4 is 11.3 Å². The standard InChI is InChI=1S/C12H13ClN4S/c1-8-6-11(17-14)16-12(15-8)7-18-10-4-2-9(13)3-5-10/h2-6H,7,14H2,1H3,(H,15,16,17). The number of anilines is 1. The van der Waals surface area contributed by atoms with Gasteiger partial charge in [-0.3, -0.25) is 0 Å². The van der Waals surface area contributed by atoms with E-state index in [9.17, 15) is 0 Å². The summed E-state index contributed by atoms with van der Waals surface area (Å²) in [5.74, 6) is 7.43. The highest BCUT2D eigenvalue weighted by Gasteiger charge is 2.02. The number of nitrogens with two attached hydrogens (primary N) is 1. The number of hydrogen-bond acceptors (Lipinski definition) is 5. The Morgan fingerprint density at radius 3 is 2.67 bits per heavy atom. The Morgan fingerprint density at radius 2 is 2.00 bits per heavy atom. The highest BCUT2D eigenvalue weighted by atomic mass is 35.5. The minimum atomic E-state index is 0.634. The summed E-state index contributed by atoms with van der Waals surface area (Å²) in [6, 6.07) is 9.49. The van der Waals surface area contributed by atoms with Crippen molar-refractivity contribution < 1.29 is 0 Å². The molecule has 0 saturated carbocycles. The van der Waals surface area contributed by atoms with E-state index in [2.05, 4.69) is 15.4 Å². The van der Waals surface area contributed by atoms with Crippen LogP contribution in [0.2, 0.25) is 5.02 Å². The predicted octanol–water partition coefficient (Wildman–Crippen LogP) is 3.02. The number of benzene rings is 1. The molecule has 0 radical (unpaired) electrons. The summed E-state index contributed by atoms with van der Waals surface area (Å²) >= 11 is 7.49. The second-order valence-electron chi connectivity index (χ2n) is 3.70. The molecule has 0 amide bonds. The fraction of sp³-hybridized carbons (Fsp3) is 0.167. The normalized spacial score (nSPS) is 10.4. The van der Waals surface area contributed by atoms with Crippen LogP contribution in [0.25, 0.3) is 0 Å². The molecule has 4 nitrogen and oxygen atoms in total. The Balaban J connectivity index is 2.05. The molecule has 6 heteroatoms. The van der Waals surface area contributed by atoms with Crippen molar-refractivity contribution in [2.24, 2.45) is 5.84 Å². The number of thioether (sulfide) groups is 1. The minimum absolute atomic E-state index is 0.634. The first-order chi connectivity index (χ1) is 8.67. The Morgan fingerprint density at radius 1 is 1.28 bits per heavy atom. The van der Waals surface area contributed by atoms with Crippen molar-refractivity contribution in [3.8, 4) is 0 Å². The summed E-state index contributed by atoms with van der Waals surface area (Å²) in [5, 5.41) is 0.737. The highest BCUT2D eigenvalue weighted by molar-refractivity contribution is 7.98. The molecule has 0 atom stereocenters. The third kappa shape index (κ3) is 3.60. The molecule has 0 aliphatic carbocycles. The van der Waals surface area contributed by atoms with E-state index in [1.807, 2.05) is 31.2 Å². The molecule has 0 aliphatic heterocycles. The van der Waals surface area contributed by atoms with Crippen LogP contribution in [-0.2, 0) is 5.75 Å². The highest BCUT2D eigenvalue weighted by Crippen LogP contribution is 2.23. The van der Waals surface area contributed by atoms with Gasteiger partial charge in [0.1, 0.15) is 11.6 Å². The van der Waals surface area contributed by atoms with Crippen LogP contribution >= 0.6 is 23.4 Å². The summed E-state index contributed by atoms with van der Waals surface area (Å²) in [4.78, 5) is 9.78. The zero-order valence-electron chi connectivity index (χ0n) is 9.85. The van der Waals surface area contributed by atoms with Crippen LogP contribution in [0.4, 0.5) is 5.82 Å². The van der Waals surface area contributed by atoms with Gasteiger partial charge in [-0.15, -0.1) is 11.8 Å². The van der Waals surface area contributed by atoms with E-state index in [1.54, 1.807) is 17.8 Å². The van der Waals surface area contributed by atoms with Crippen LogP contribution in [0.5, 0.6) is 0 Å². The molecule has 1 aromatic heterocycles. The SMILES string of the molecule is Cc1cc(NN)nc(CSc2ccc(Cl)cc2)n1. The molecule has 0 aliphatic rings. The predicted molar refractivity (Wildman–Crippen MR) is 75.6 cm³/mol. The number of nitrogen functional groups attached to an aromatic ring is 1. The van der Waals surface area contributed by atoms with Crippen molar-refractivity contribution in [2.45, 2.75) is 17.6 Å². The van der Waals surface area contributed by atoms with Gasteiger partial charge in [-0.1, -0.05) is 11.6 Å². The lowest BCUT2D eigenvalue weighted by Crippen LogP contribution is -2.10. The second kappa shape index (κ2) is 6.04. The van der Waals surface area contributed by atoms with Gasteiger partial charge >= 0.3 is 0 Å². The van der Waals surface area contributed by atoms with Crippen LogP contribution in [0, 0.1) is 6.92 Å². The third-order valence-corrected chi connectivity index (χ3v) is 3.49. The molecule has 0 fully saturated rings. The quantitative estimate of drug-likeness (QED) is 0.512. The molecule has 0 bridgehead atoms. The molecule has 0 unspecified atom stereocenters. The Bertz CT molecular complexity index is 530. The van der Waals surface area contributed by atoms with Crippen LogP contribution in [0.3, 0.4) is 0 Å². The monoisotopic (exact) mass is 280 g/mol. The molecule has 94 valence electrons. The van der Waals surface area contributed by atoms with E-state index in [0.29, 0.717) is 11.6 Å². The first-order valence-electron chi connectivity index (χ1n) is 5.37. The zero-order valence-corrected chi connectivity index (χ0v) is 11.4. The van der Waals surface area contributed by atoms with Crippen molar-refractivity contribution >= 4 is 29.2 Å². The lowest BCUT2D eigenvalue weighted by molar-refractivity contribution is 0.990. The van der Waals surface area contributed by atoms with Gasteiger partial charge in [0.2, 0.25) is 0 Å². The van der Waals surface area contributed by atoms with Crippen molar-refractivity contribution in [1.82, 2.24) is 9.97 Å².